The van der Waals surface area contributed by atoms with E-state index in [4.69, 9.17) is 22.5 Å². The number of nitrogens with zero attached hydrogens (tertiary/aromatic N) is 3. The zero-order valence-corrected chi connectivity index (χ0v) is 20.7. The predicted molar refractivity (Wildman–Crippen MR) is 134 cm³/mol. The van der Waals surface area contributed by atoms with Gasteiger partial charge in [0.05, 0.1) is 40.1 Å². The SMILES string of the molecule is CCCCCN1C[NH+]([S-])c2cccc3nc4c(c1c23)Cn1c-4cc2c(c1=O)COC(=O)[C@]2(O)CC. The zero-order chi connectivity index (χ0) is 24.5. The van der Waals surface area contributed by atoms with Crippen LogP contribution in [0, 0.1) is 0 Å². The average Bonchev–Trinajstić information content (AvgIpc) is 3.22. The van der Waals surface area contributed by atoms with E-state index in [0.717, 1.165) is 63.6 Å². The highest BCUT2D eigenvalue weighted by Crippen LogP contribution is 2.45. The van der Waals surface area contributed by atoms with Gasteiger partial charge in [-0.15, -0.1) is 0 Å². The van der Waals surface area contributed by atoms with E-state index in [1.165, 1.54) is 0 Å². The molecule has 3 aliphatic rings. The number of hydrogen-bond acceptors (Lipinski definition) is 7. The molecule has 0 saturated heterocycles. The molecule has 0 radical (unpaired) electrons. The fraction of sp³-hybridized carbons (Fsp3) is 0.423. The van der Waals surface area contributed by atoms with Gasteiger partial charge in [0.15, 0.2) is 5.60 Å². The van der Waals surface area contributed by atoms with Crippen molar-refractivity contribution in [2.75, 3.05) is 18.1 Å². The van der Waals surface area contributed by atoms with Crippen LogP contribution in [0.5, 0.6) is 0 Å². The molecule has 182 valence electrons. The van der Waals surface area contributed by atoms with E-state index in [2.05, 4.69) is 17.9 Å². The van der Waals surface area contributed by atoms with Gasteiger partial charge in [-0.1, -0.05) is 32.8 Å². The minimum absolute atomic E-state index is 0.122. The van der Waals surface area contributed by atoms with E-state index in [0.29, 0.717) is 30.0 Å². The van der Waals surface area contributed by atoms with Crippen LogP contribution < -0.4 is 14.8 Å². The smallest absolute Gasteiger partial charge is 0.343 e. The van der Waals surface area contributed by atoms with Crippen LogP contribution in [0.2, 0.25) is 0 Å². The second-order valence-corrected chi connectivity index (χ2v) is 10.1. The molecule has 0 spiro atoms. The van der Waals surface area contributed by atoms with Crippen LogP contribution in [-0.2, 0) is 41.1 Å². The average molecular weight is 493 g/mol. The van der Waals surface area contributed by atoms with E-state index >= 15 is 0 Å². The molecule has 3 aromatic rings. The highest BCUT2D eigenvalue weighted by atomic mass is 32.1. The fourth-order valence-electron chi connectivity index (χ4n) is 5.77. The van der Waals surface area contributed by atoms with Crippen molar-refractivity contribution in [1.29, 1.82) is 0 Å². The Morgan fingerprint density at radius 3 is 2.83 bits per heavy atom. The Morgan fingerprint density at radius 2 is 2.06 bits per heavy atom. The second-order valence-electron chi connectivity index (χ2n) is 9.64. The van der Waals surface area contributed by atoms with Crippen LogP contribution in [0.25, 0.3) is 22.3 Å². The van der Waals surface area contributed by atoms with Gasteiger partial charge in [0.1, 0.15) is 19.0 Å². The van der Waals surface area contributed by atoms with Crippen molar-refractivity contribution in [2.24, 2.45) is 0 Å². The molecule has 2 N–H and O–H groups in total. The van der Waals surface area contributed by atoms with Gasteiger partial charge in [-0.3, -0.25) is 4.79 Å². The third-order valence-corrected chi connectivity index (χ3v) is 8.02. The van der Waals surface area contributed by atoms with E-state index in [9.17, 15) is 14.7 Å². The van der Waals surface area contributed by atoms with Gasteiger partial charge < -0.3 is 36.4 Å². The number of rotatable bonds is 5. The monoisotopic (exact) mass is 492 g/mol. The third-order valence-electron chi connectivity index (χ3n) is 7.67. The first-order valence-corrected chi connectivity index (χ1v) is 12.7. The van der Waals surface area contributed by atoms with Crippen LogP contribution in [0.15, 0.2) is 29.1 Å². The van der Waals surface area contributed by atoms with Crippen molar-refractivity contribution in [3.63, 3.8) is 0 Å². The highest BCUT2D eigenvalue weighted by Gasteiger charge is 2.45. The molecule has 3 aliphatic heterocycles. The number of carbonyl (C=O) groups is 1. The number of nitrogens with one attached hydrogen (secondary N) is 1. The Bertz CT molecular complexity index is 1450. The van der Waals surface area contributed by atoms with Crippen molar-refractivity contribution in [3.8, 4) is 11.4 Å². The van der Waals surface area contributed by atoms with Crippen molar-refractivity contribution in [2.45, 2.75) is 58.3 Å². The van der Waals surface area contributed by atoms with Crippen LogP contribution in [0.1, 0.15) is 56.2 Å². The molecular weight excluding hydrogens is 464 g/mol. The Kier molecular flexibility index (Phi) is 5.21. The first-order valence-electron chi connectivity index (χ1n) is 12.3. The maximum atomic E-state index is 13.6. The van der Waals surface area contributed by atoms with Crippen LogP contribution in [-0.4, -0.2) is 33.8 Å². The lowest BCUT2D eigenvalue weighted by atomic mass is 9.86. The normalized spacial score (nSPS) is 22.1. The van der Waals surface area contributed by atoms with Crippen LogP contribution in [0.4, 0.5) is 11.4 Å². The summed E-state index contributed by atoms with van der Waals surface area (Å²) in [4.78, 5) is 33.4. The molecule has 0 aliphatic carbocycles. The largest absolute Gasteiger partial charge is 0.488 e. The minimum atomic E-state index is -1.83. The molecule has 6 rings (SSSR count). The summed E-state index contributed by atoms with van der Waals surface area (Å²) in [6.07, 6.45) is 3.45. The summed E-state index contributed by atoms with van der Waals surface area (Å²) in [5.74, 6) is -0.711. The highest BCUT2D eigenvalue weighted by molar-refractivity contribution is 7.51. The number of unbranched alkanes of at least 4 members (excludes halogenated alkanes) is 2. The van der Waals surface area contributed by atoms with E-state index < -0.39 is 11.6 Å². The molecule has 35 heavy (non-hydrogen) atoms. The third kappa shape index (κ3) is 3.11. The molecule has 0 bridgehead atoms. The first kappa shape index (κ1) is 22.6. The molecule has 0 fully saturated rings. The van der Waals surface area contributed by atoms with Gasteiger partial charge in [0.25, 0.3) is 5.56 Å². The van der Waals surface area contributed by atoms with Crippen LogP contribution in [0.3, 0.4) is 0 Å². The fourth-order valence-corrected chi connectivity index (χ4v) is 6.09. The van der Waals surface area contributed by atoms with Crippen molar-refractivity contribution < 1.29 is 18.9 Å². The molecule has 0 amide bonds. The molecule has 0 saturated carbocycles. The number of hydrogen-bond donors (Lipinski definition) is 2. The standard InChI is InChI=1S/C26H28N4O4S/c1-3-5-6-10-28-14-30(35)19-9-7-8-18-21(19)23(28)15-12-29-20(22(15)27-18)11-17-16(24(29)31)13-34-25(32)26(17,33)4-2/h7-9,11,30,33H,3-6,10,12-14H2,1-2H3/t26-/m0/s1. The number of quaternary nitrogens is 1. The predicted octanol–water partition coefficient (Wildman–Crippen LogP) is 2.03. The second kappa shape index (κ2) is 8.08. The van der Waals surface area contributed by atoms with E-state index in [1.807, 2.05) is 12.1 Å². The number of aromatic nitrogens is 2. The summed E-state index contributed by atoms with van der Waals surface area (Å²) >= 11 is 5.79. The molecule has 2 atom stereocenters. The Balaban J connectivity index is 1.60. The van der Waals surface area contributed by atoms with E-state index in [1.54, 1.807) is 17.6 Å². The van der Waals surface area contributed by atoms with Crippen LogP contribution >= 0.6 is 0 Å². The zero-order valence-electron chi connectivity index (χ0n) is 19.9. The summed E-state index contributed by atoms with van der Waals surface area (Å²) in [6, 6.07) is 7.79. The topological polar surface area (TPSA) is 89.1 Å². The summed E-state index contributed by atoms with van der Waals surface area (Å²) in [7, 11) is 0. The van der Waals surface area contributed by atoms with Gasteiger partial charge in [-0.25, -0.2) is 9.78 Å². The lowest BCUT2D eigenvalue weighted by Crippen LogP contribution is -3.05. The Hall–Kier alpha value is -2.88. The van der Waals surface area contributed by atoms with Crippen molar-refractivity contribution >= 4 is 41.1 Å². The summed E-state index contributed by atoms with van der Waals surface area (Å²) in [5, 5.41) is 12.2. The lowest BCUT2D eigenvalue weighted by Gasteiger charge is -2.39. The quantitative estimate of drug-likeness (QED) is 0.250. The number of esters is 1. The lowest BCUT2D eigenvalue weighted by molar-refractivity contribution is -0.675. The number of benzene rings is 1. The minimum Gasteiger partial charge on any atom is -0.488 e. The summed E-state index contributed by atoms with van der Waals surface area (Å²) in [5.41, 5.74) is 3.94. The number of anilines is 1. The van der Waals surface area contributed by atoms with E-state index in [-0.39, 0.29) is 18.6 Å². The molecule has 9 heteroatoms. The Labute approximate surface area is 208 Å². The van der Waals surface area contributed by atoms with Gasteiger partial charge in [-0.05, 0) is 31.0 Å². The maximum Gasteiger partial charge on any atom is 0.343 e. The molecule has 2 aromatic heterocycles. The molecular formula is C26H28N4O4S. The number of carbonyl (C=O) groups excluding carboxylic acids is 1. The van der Waals surface area contributed by atoms with Crippen molar-refractivity contribution in [1.82, 2.24) is 9.55 Å². The molecule has 8 nitrogen and oxygen atoms in total. The molecule has 5 heterocycles. The van der Waals surface area contributed by atoms with Crippen molar-refractivity contribution in [3.05, 3.63) is 51.3 Å². The van der Waals surface area contributed by atoms with Gasteiger partial charge in [0.2, 0.25) is 0 Å². The summed E-state index contributed by atoms with van der Waals surface area (Å²) in [6.45, 7) is 5.71. The van der Waals surface area contributed by atoms with Gasteiger partial charge in [-0.2, -0.15) is 0 Å². The van der Waals surface area contributed by atoms with Gasteiger partial charge in [0, 0.05) is 17.7 Å². The molecule has 1 aromatic carbocycles. The maximum absolute atomic E-state index is 13.6. The number of fused-ring (bicyclic) bond motifs is 5. The number of cyclic esters (lactones) is 1. The summed E-state index contributed by atoms with van der Waals surface area (Å²) < 4.78 is 7.82. The Morgan fingerprint density at radius 1 is 1.23 bits per heavy atom. The number of pyridine rings is 2. The van der Waals surface area contributed by atoms with Gasteiger partial charge >= 0.3 is 5.97 Å². The molecule has 1 unspecified atom stereocenters. The first-order chi connectivity index (χ1) is 16.9. The number of aliphatic hydroxyl groups is 1. The number of ether oxygens (including phenoxy) is 1.